The van der Waals surface area contributed by atoms with Gasteiger partial charge in [0, 0.05) is 6.04 Å². The molecule has 2 saturated carbocycles. The van der Waals surface area contributed by atoms with Crippen molar-refractivity contribution in [1.82, 2.24) is 15.5 Å². The van der Waals surface area contributed by atoms with E-state index in [2.05, 4.69) is 10.6 Å². The van der Waals surface area contributed by atoms with Crippen molar-refractivity contribution in [3.05, 3.63) is 0 Å². The van der Waals surface area contributed by atoms with E-state index in [4.69, 9.17) is 0 Å². The third-order valence-electron chi connectivity index (χ3n) is 3.94. The Morgan fingerprint density at radius 3 is 2.53 bits per heavy atom. The van der Waals surface area contributed by atoms with E-state index in [1.807, 2.05) is 0 Å². The summed E-state index contributed by atoms with van der Waals surface area (Å²) in [5.74, 6) is -1.43. The Balaban J connectivity index is 1.78. The molecule has 1 saturated heterocycles. The molecule has 19 heavy (non-hydrogen) atoms. The monoisotopic (exact) mass is 265 g/mol. The molecule has 1 aliphatic heterocycles. The summed E-state index contributed by atoms with van der Waals surface area (Å²) in [7, 11) is 0. The van der Waals surface area contributed by atoms with E-state index in [1.54, 1.807) is 0 Å². The van der Waals surface area contributed by atoms with Crippen LogP contribution in [0.4, 0.5) is 4.79 Å². The Labute approximate surface area is 109 Å². The smallest absolute Gasteiger partial charge is 0.331 e. The lowest BCUT2D eigenvalue weighted by Gasteiger charge is -2.33. The van der Waals surface area contributed by atoms with E-state index in [0.29, 0.717) is 12.8 Å². The molecule has 2 N–H and O–H groups in total. The van der Waals surface area contributed by atoms with Crippen LogP contribution < -0.4 is 10.6 Å². The fourth-order valence-corrected chi connectivity index (χ4v) is 2.28. The molecule has 3 fully saturated rings. The van der Waals surface area contributed by atoms with Crippen LogP contribution in [0.15, 0.2) is 0 Å². The van der Waals surface area contributed by atoms with Gasteiger partial charge in [-0.25, -0.2) is 4.79 Å². The van der Waals surface area contributed by atoms with Gasteiger partial charge in [0.15, 0.2) is 0 Å². The van der Waals surface area contributed by atoms with Crippen LogP contribution in [0.5, 0.6) is 0 Å². The molecule has 7 heteroatoms. The van der Waals surface area contributed by atoms with Crippen molar-refractivity contribution >= 4 is 23.8 Å². The number of nitrogens with zero attached hydrogens (tertiary/aromatic N) is 1. The highest BCUT2D eigenvalue weighted by atomic mass is 16.2. The molecule has 0 aromatic carbocycles. The van der Waals surface area contributed by atoms with Crippen molar-refractivity contribution in [3.63, 3.8) is 0 Å². The van der Waals surface area contributed by atoms with Crippen molar-refractivity contribution in [2.75, 3.05) is 0 Å². The molecule has 0 aromatic rings. The topological polar surface area (TPSA) is 95.6 Å². The SMILES string of the molecule is CC(C(=O)NC1CC1)N1C(=O)NC(=O)C2(CC2)C1=O. The zero-order valence-electron chi connectivity index (χ0n) is 10.6. The number of hydrogen-bond acceptors (Lipinski definition) is 4. The molecular weight excluding hydrogens is 250 g/mol. The lowest BCUT2D eigenvalue weighted by Crippen LogP contribution is -2.63. The molecule has 0 radical (unpaired) electrons. The molecule has 1 unspecified atom stereocenters. The quantitative estimate of drug-likeness (QED) is 0.673. The highest BCUT2D eigenvalue weighted by Crippen LogP contribution is 2.49. The van der Waals surface area contributed by atoms with Crippen molar-refractivity contribution in [1.29, 1.82) is 0 Å². The second kappa shape index (κ2) is 3.79. The van der Waals surface area contributed by atoms with E-state index >= 15 is 0 Å². The summed E-state index contributed by atoms with van der Waals surface area (Å²) in [6, 6.07) is -1.53. The number of urea groups is 1. The highest BCUT2D eigenvalue weighted by Gasteiger charge is 2.63. The zero-order chi connectivity index (χ0) is 13.8. The lowest BCUT2D eigenvalue weighted by molar-refractivity contribution is -0.148. The van der Waals surface area contributed by atoms with Gasteiger partial charge >= 0.3 is 6.03 Å². The van der Waals surface area contributed by atoms with E-state index in [-0.39, 0.29) is 11.9 Å². The fraction of sp³-hybridized carbons (Fsp3) is 0.667. The summed E-state index contributed by atoms with van der Waals surface area (Å²) in [5, 5.41) is 4.92. The maximum absolute atomic E-state index is 12.2. The van der Waals surface area contributed by atoms with E-state index < -0.39 is 29.3 Å². The highest BCUT2D eigenvalue weighted by molar-refractivity contribution is 6.21. The minimum Gasteiger partial charge on any atom is -0.352 e. The van der Waals surface area contributed by atoms with Crippen LogP contribution in [-0.4, -0.2) is 40.7 Å². The van der Waals surface area contributed by atoms with Gasteiger partial charge in [-0.15, -0.1) is 0 Å². The molecule has 1 spiro atoms. The Hall–Kier alpha value is -1.92. The van der Waals surface area contributed by atoms with Gasteiger partial charge in [-0.3, -0.25) is 24.6 Å². The normalized spacial score (nSPS) is 26.2. The molecule has 1 heterocycles. The summed E-state index contributed by atoms with van der Waals surface area (Å²) in [6.45, 7) is 1.50. The number of hydrogen-bond donors (Lipinski definition) is 2. The predicted octanol–water partition coefficient (Wildman–Crippen LogP) is -0.488. The Kier molecular flexibility index (Phi) is 2.42. The number of carbonyl (C=O) groups is 4. The van der Waals surface area contributed by atoms with Gasteiger partial charge in [-0.05, 0) is 32.6 Å². The lowest BCUT2D eigenvalue weighted by atomic mass is 10.0. The first-order chi connectivity index (χ1) is 8.95. The van der Waals surface area contributed by atoms with Crippen LogP contribution in [0.3, 0.4) is 0 Å². The Morgan fingerprint density at radius 2 is 2.00 bits per heavy atom. The fourth-order valence-electron chi connectivity index (χ4n) is 2.28. The average Bonchev–Trinajstić information content (AvgIpc) is 3.22. The number of amides is 5. The molecule has 0 aromatic heterocycles. The molecule has 5 amide bonds. The van der Waals surface area contributed by atoms with Crippen molar-refractivity contribution in [2.45, 2.75) is 44.7 Å². The van der Waals surface area contributed by atoms with E-state index in [1.165, 1.54) is 6.92 Å². The first kappa shape index (κ1) is 12.1. The zero-order valence-corrected chi connectivity index (χ0v) is 10.6. The van der Waals surface area contributed by atoms with Crippen molar-refractivity contribution < 1.29 is 19.2 Å². The van der Waals surface area contributed by atoms with Gasteiger partial charge in [0.2, 0.25) is 17.7 Å². The van der Waals surface area contributed by atoms with Crippen molar-refractivity contribution in [3.8, 4) is 0 Å². The summed E-state index contributed by atoms with van der Waals surface area (Å²) in [5.41, 5.74) is -1.10. The van der Waals surface area contributed by atoms with Crippen LogP contribution >= 0.6 is 0 Å². The number of imide groups is 2. The van der Waals surface area contributed by atoms with Crippen LogP contribution in [0, 0.1) is 5.41 Å². The third kappa shape index (κ3) is 1.80. The standard InChI is InChI=1S/C12H15N3O4/c1-6(8(16)13-7-2-3-7)15-10(18)12(4-5-12)9(17)14-11(15)19/h6-7H,2-5H2,1H3,(H,13,16)(H,14,17,19). The second-order valence-electron chi connectivity index (χ2n) is 5.48. The molecular formula is C12H15N3O4. The maximum Gasteiger partial charge on any atom is 0.331 e. The third-order valence-corrected chi connectivity index (χ3v) is 3.94. The molecule has 7 nitrogen and oxygen atoms in total. The van der Waals surface area contributed by atoms with Gasteiger partial charge < -0.3 is 5.32 Å². The van der Waals surface area contributed by atoms with Crippen LogP contribution in [-0.2, 0) is 14.4 Å². The molecule has 2 aliphatic carbocycles. The van der Waals surface area contributed by atoms with Gasteiger partial charge in [0.1, 0.15) is 11.5 Å². The van der Waals surface area contributed by atoms with Gasteiger partial charge in [0.05, 0.1) is 0 Å². The minimum absolute atomic E-state index is 0.162. The first-order valence-corrected chi connectivity index (χ1v) is 6.45. The Bertz CT molecular complexity index is 493. The first-order valence-electron chi connectivity index (χ1n) is 6.45. The predicted molar refractivity (Wildman–Crippen MR) is 62.7 cm³/mol. The molecule has 3 aliphatic rings. The summed E-state index contributed by atoms with van der Waals surface area (Å²) in [6.07, 6.45) is 2.75. The van der Waals surface area contributed by atoms with Gasteiger partial charge in [0.25, 0.3) is 0 Å². The van der Waals surface area contributed by atoms with Gasteiger partial charge in [-0.2, -0.15) is 0 Å². The summed E-state index contributed by atoms with van der Waals surface area (Å²) < 4.78 is 0. The number of barbiturate groups is 1. The summed E-state index contributed by atoms with van der Waals surface area (Å²) in [4.78, 5) is 48.5. The van der Waals surface area contributed by atoms with Crippen LogP contribution in [0.2, 0.25) is 0 Å². The van der Waals surface area contributed by atoms with Crippen molar-refractivity contribution in [2.24, 2.45) is 5.41 Å². The Morgan fingerprint density at radius 1 is 1.37 bits per heavy atom. The van der Waals surface area contributed by atoms with Crippen LogP contribution in [0.25, 0.3) is 0 Å². The number of carbonyl (C=O) groups excluding carboxylic acids is 4. The number of nitrogens with one attached hydrogen (secondary N) is 2. The summed E-state index contributed by atoms with van der Waals surface area (Å²) >= 11 is 0. The molecule has 0 bridgehead atoms. The second-order valence-corrected chi connectivity index (χ2v) is 5.48. The minimum atomic E-state index is -1.10. The molecule has 102 valence electrons. The largest absolute Gasteiger partial charge is 0.352 e. The molecule has 3 rings (SSSR count). The molecule has 1 atom stereocenters. The maximum atomic E-state index is 12.2. The van der Waals surface area contributed by atoms with E-state index in [0.717, 1.165) is 17.7 Å². The van der Waals surface area contributed by atoms with E-state index in [9.17, 15) is 19.2 Å². The number of rotatable bonds is 3. The average molecular weight is 265 g/mol. The van der Waals surface area contributed by atoms with Gasteiger partial charge in [-0.1, -0.05) is 0 Å². The van der Waals surface area contributed by atoms with Crippen LogP contribution in [0.1, 0.15) is 32.6 Å².